The molecule has 40 heavy (non-hydrogen) atoms. The van der Waals surface area contributed by atoms with E-state index >= 15 is 0 Å². The molecule has 1 N–H and O–H groups in total. The maximum absolute atomic E-state index is 13.9. The second-order valence-electron chi connectivity index (χ2n) is 10.6. The van der Waals surface area contributed by atoms with Crippen LogP contribution in [-0.4, -0.2) is 73.2 Å². The number of sulfonamides is 1. The SMILES string of the molecule is CCCCNC(=O)N1CCC(N(Cc2ccc(F)cc2)C(=O)CN(CC(C)C)S(=O)(=O)c2ccc(Cl)cc2)CC1. The lowest BCUT2D eigenvalue weighted by Crippen LogP contribution is -2.53. The average molecular weight is 595 g/mol. The lowest BCUT2D eigenvalue weighted by molar-refractivity contribution is -0.135. The zero-order valence-electron chi connectivity index (χ0n) is 23.5. The van der Waals surface area contributed by atoms with E-state index in [1.54, 1.807) is 21.9 Å². The molecule has 0 aromatic heterocycles. The summed E-state index contributed by atoms with van der Waals surface area (Å²) < 4.78 is 41.9. The summed E-state index contributed by atoms with van der Waals surface area (Å²) in [5.41, 5.74) is 0.741. The Kier molecular flexibility index (Phi) is 11.8. The third kappa shape index (κ3) is 8.91. The van der Waals surface area contributed by atoms with Gasteiger partial charge in [-0.1, -0.05) is 50.9 Å². The molecule has 1 fully saturated rings. The number of carbonyl (C=O) groups is 2. The molecular formula is C29H40ClFN4O4S. The zero-order valence-corrected chi connectivity index (χ0v) is 25.1. The molecule has 0 bridgehead atoms. The van der Waals surface area contributed by atoms with E-state index in [1.807, 2.05) is 13.8 Å². The molecule has 0 atom stereocenters. The van der Waals surface area contributed by atoms with Crippen LogP contribution in [0.3, 0.4) is 0 Å². The number of nitrogens with one attached hydrogen (secondary N) is 1. The number of amides is 3. The molecule has 1 aliphatic heterocycles. The largest absolute Gasteiger partial charge is 0.338 e. The van der Waals surface area contributed by atoms with Crippen LogP contribution >= 0.6 is 11.6 Å². The molecule has 8 nitrogen and oxygen atoms in total. The topological polar surface area (TPSA) is 90.0 Å². The number of hydrogen-bond acceptors (Lipinski definition) is 4. The third-order valence-corrected chi connectivity index (χ3v) is 9.00. The Bertz CT molecular complexity index is 1220. The molecular weight excluding hydrogens is 555 g/mol. The summed E-state index contributed by atoms with van der Waals surface area (Å²) in [6.45, 7) is 7.48. The first-order valence-corrected chi connectivity index (χ1v) is 15.7. The van der Waals surface area contributed by atoms with Crippen LogP contribution in [0.1, 0.15) is 52.0 Å². The highest BCUT2D eigenvalue weighted by Gasteiger charge is 2.33. The van der Waals surface area contributed by atoms with Gasteiger partial charge in [0.1, 0.15) is 5.82 Å². The van der Waals surface area contributed by atoms with E-state index in [9.17, 15) is 22.4 Å². The van der Waals surface area contributed by atoms with E-state index in [1.165, 1.54) is 40.7 Å². The van der Waals surface area contributed by atoms with Gasteiger partial charge in [-0.25, -0.2) is 17.6 Å². The van der Waals surface area contributed by atoms with Gasteiger partial charge in [-0.15, -0.1) is 0 Å². The number of piperidine rings is 1. The van der Waals surface area contributed by atoms with Crippen molar-refractivity contribution < 1.29 is 22.4 Å². The van der Waals surface area contributed by atoms with Crippen molar-refractivity contribution in [2.75, 3.05) is 32.7 Å². The summed E-state index contributed by atoms with van der Waals surface area (Å²) in [5, 5.41) is 3.35. The third-order valence-electron chi connectivity index (χ3n) is 6.92. The summed E-state index contributed by atoms with van der Waals surface area (Å²) >= 11 is 5.96. The van der Waals surface area contributed by atoms with Crippen molar-refractivity contribution in [3.63, 3.8) is 0 Å². The first-order chi connectivity index (χ1) is 19.0. The van der Waals surface area contributed by atoms with Gasteiger partial charge in [0.2, 0.25) is 15.9 Å². The van der Waals surface area contributed by atoms with E-state index in [0.29, 0.717) is 37.5 Å². The molecule has 0 radical (unpaired) electrons. The molecule has 3 rings (SSSR count). The molecule has 0 aliphatic carbocycles. The van der Waals surface area contributed by atoms with Crippen LogP contribution in [0.25, 0.3) is 0 Å². The molecule has 2 aromatic rings. The summed E-state index contributed by atoms with van der Waals surface area (Å²) in [5.74, 6) is -0.732. The number of rotatable bonds is 12. The maximum atomic E-state index is 13.9. The number of benzene rings is 2. The number of unbranched alkanes of at least 4 members (excludes halogenated alkanes) is 1. The lowest BCUT2D eigenvalue weighted by Gasteiger charge is -2.39. The van der Waals surface area contributed by atoms with Gasteiger partial charge in [0.05, 0.1) is 11.4 Å². The van der Waals surface area contributed by atoms with Gasteiger partial charge in [-0.2, -0.15) is 4.31 Å². The summed E-state index contributed by atoms with van der Waals surface area (Å²) in [6.07, 6.45) is 3.02. The molecule has 0 unspecified atom stereocenters. The highest BCUT2D eigenvalue weighted by atomic mass is 35.5. The van der Waals surface area contributed by atoms with Crippen molar-refractivity contribution in [1.82, 2.24) is 19.4 Å². The number of likely N-dealkylation sites (tertiary alicyclic amines) is 1. The second kappa shape index (κ2) is 14.8. The van der Waals surface area contributed by atoms with E-state index in [2.05, 4.69) is 12.2 Å². The quantitative estimate of drug-likeness (QED) is 0.345. The summed E-state index contributed by atoms with van der Waals surface area (Å²) in [4.78, 5) is 29.9. The van der Waals surface area contributed by atoms with Crippen LogP contribution in [0.15, 0.2) is 53.4 Å². The van der Waals surface area contributed by atoms with Crippen LogP contribution in [0.4, 0.5) is 9.18 Å². The van der Waals surface area contributed by atoms with Crippen molar-refractivity contribution in [2.45, 2.75) is 63.9 Å². The first kappa shape index (κ1) is 31.8. The Hall–Kier alpha value is -2.69. The van der Waals surface area contributed by atoms with Crippen LogP contribution in [0.5, 0.6) is 0 Å². The average Bonchev–Trinajstić information content (AvgIpc) is 2.92. The first-order valence-electron chi connectivity index (χ1n) is 13.8. The van der Waals surface area contributed by atoms with E-state index in [4.69, 9.17) is 11.6 Å². The Balaban J connectivity index is 1.81. The molecule has 1 saturated heterocycles. The van der Waals surface area contributed by atoms with Gasteiger partial charge in [0.15, 0.2) is 0 Å². The van der Waals surface area contributed by atoms with Crippen molar-refractivity contribution in [1.29, 1.82) is 0 Å². The minimum atomic E-state index is -3.97. The lowest BCUT2D eigenvalue weighted by atomic mass is 10.0. The number of hydrogen-bond donors (Lipinski definition) is 1. The van der Waals surface area contributed by atoms with Gasteiger partial charge < -0.3 is 15.1 Å². The minimum Gasteiger partial charge on any atom is -0.338 e. The van der Waals surface area contributed by atoms with Crippen molar-refractivity contribution in [2.24, 2.45) is 5.92 Å². The molecule has 1 aliphatic rings. The normalized spacial score (nSPS) is 14.5. The molecule has 220 valence electrons. The summed E-state index contributed by atoms with van der Waals surface area (Å²) in [7, 11) is -3.97. The Morgan fingerprint density at radius 3 is 2.27 bits per heavy atom. The van der Waals surface area contributed by atoms with Gasteiger partial charge in [-0.05, 0) is 67.1 Å². The summed E-state index contributed by atoms with van der Waals surface area (Å²) in [6, 6.07) is 11.5. The monoisotopic (exact) mass is 594 g/mol. The predicted molar refractivity (Wildman–Crippen MR) is 155 cm³/mol. The Morgan fingerprint density at radius 1 is 1.07 bits per heavy atom. The second-order valence-corrected chi connectivity index (χ2v) is 13.0. The minimum absolute atomic E-state index is 0.0186. The highest BCUT2D eigenvalue weighted by Crippen LogP contribution is 2.23. The van der Waals surface area contributed by atoms with Crippen molar-refractivity contribution >= 4 is 33.6 Å². The highest BCUT2D eigenvalue weighted by molar-refractivity contribution is 7.89. The Morgan fingerprint density at radius 2 is 1.70 bits per heavy atom. The van der Waals surface area contributed by atoms with Crippen molar-refractivity contribution in [3.05, 3.63) is 64.9 Å². The van der Waals surface area contributed by atoms with Crippen LogP contribution < -0.4 is 5.32 Å². The van der Waals surface area contributed by atoms with Gasteiger partial charge in [0.25, 0.3) is 0 Å². The fourth-order valence-corrected chi connectivity index (χ4v) is 6.40. The van der Waals surface area contributed by atoms with Gasteiger partial charge in [0, 0.05) is 43.8 Å². The van der Waals surface area contributed by atoms with Crippen LogP contribution in [0.2, 0.25) is 5.02 Å². The van der Waals surface area contributed by atoms with Crippen LogP contribution in [-0.2, 0) is 21.4 Å². The van der Waals surface area contributed by atoms with Crippen molar-refractivity contribution in [3.8, 4) is 0 Å². The maximum Gasteiger partial charge on any atom is 0.317 e. The van der Waals surface area contributed by atoms with E-state index in [0.717, 1.165) is 18.4 Å². The van der Waals surface area contributed by atoms with E-state index < -0.39 is 10.0 Å². The number of nitrogens with zero attached hydrogens (tertiary/aromatic N) is 3. The zero-order chi connectivity index (χ0) is 29.3. The molecule has 0 saturated carbocycles. The number of urea groups is 1. The fraction of sp³-hybridized carbons (Fsp3) is 0.517. The van der Waals surface area contributed by atoms with Crippen LogP contribution in [0, 0.1) is 11.7 Å². The Labute approximate surface area is 242 Å². The standard InChI is InChI=1S/C29H40ClFN4O4S/c1-4-5-16-32-29(37)33-17-14-26(15-18-33)35(20-23-6-10-25(31)11-7-23)28(36)21-34(19-22(2)3)40(38,39)27-12-8-24(30)9-13-27/h6-13,22,26H,4-5,14-21H2,1-3H3,(H,32,37). The number of carbonyl (C=O) groups excluding carboxylic acids is 2. The molecule has 2 aromatic carbocycles. The fourth-order valence-electron chi connectivity index (χ4n) is 4.72. The molecule has 1 heterocycles. The van der Waals surface area contributed by atoms with E-state index in [-0.39, 0.29) is 54.2 Å². The molecule has 0 spiro atoms. The molecule has 3 amide bonds. The smallest absolute Gasteiger partial charge is 0.317 e. The number of halogens is 2. The predicted octanol–water partition coefficient (Wildman–Crippen LogP) is 5.13. The molecule has 11 heteroatoms. The van der Waals surface area contributed by atoms with Gasteiger partial charge >= 0.3 is 6.03 Å². The van der Waals surface area contributed by atoms with Gasteiger partial charge in [-0.3, -0.25) is 4.79 Å².